The van der Waals surface area contributed by atoms with Crippen LogP contribution >= 0.6 is 0 Å². The fraction of sp³-hybridized carbons (Fsp3) is 0.182. The van der Waals surface area contributed by atoms with E-state index in [1.54, 1.807) is 17.0 Å². The van der Waals surface area contributed by atoms with Crippen molar-refractivity contribution in [3.8, 4) is 0 Å². The first-order valence-corrected chi connectivity index (χ1v) is 8.75. The van der Waals surface area contributed by atoms with E-state index in [1.807, 2.05) is 54.7 Å². The highest BCUT2D eigenvalue weighted by Gasteiger charge is 2.03. The number of aromatic nitrogens is 2. The van der Waals surface area contributed by atoms with Crippen LogP contribution in [0, 0.1) is 0 Å². The summed E-state index contributed by atoms with van der Waals surface area (Å²) in [6.45, 7) is 5.00. The van der Waals surface area contributed by atoms with Crippen LogP contribution in [-0.2, 0) is 11.3 Å². The van der Waals surface area contributed by atoms with Gasteiger partial charge in [0.2, 0.25) is 5.91 Å². The van der Waals surface area contributed by atoms with Crippen LogP contribution in [0.1, 0.15) is 36.5 Å². The molecule has 1 heterocycles. The summed E-state index contributed by atoms with van der Waals surface area (Å²) in [6.07, 6.45) is 6.84. The number of nitrogens with zero attached hydrogens (tertiary/aromatic N) is 2. The molecule has 0 saturated carbocycles. The lowest BCUT2D eigenvalue weighted by Crippen LogP contribution is -2.07. The van der Waals surface area contributed by atoms with E-state index in [1.165, 1.54) is 11.1 Å². The van der Waals surface area contributed by atoms with E-state index >= 15 is 0 Å². The van der Waals surface area contributed by atoms with Crippen molar-refractivity contribution in [3.63, 3.8) is 0 Å². The molecule has 0 fully saturated rings. The minimum atomic E-state index is -0.169. The highest BCUT2D eigenvalue weighted by molar-refractivity contribution is 6.01. The molecule has 0 saturated heterocycles. The lowest BCUT2D eigenvalue weighted by Gasteiger charge is -2.04. The Balaban J connectivity index is 1.56. The van der Waals surface area contributed by atoms with E-state index in [2.05, 4.69) is 36.4 Å². The lowest BCUT2D eigenvalue weighted by atomic mass is 10.0. The first kappa shape index (κ1) is 17.7. The van der Waals surface area contributed by atoms with Crippen LogP contribution in [0.4, 0.5) is 5.69 Å². The van der Waals surface area contributed by atoms with Crippen molar-refractivity contribution in [2.45, 2.75) is 26.3 Å². The van der Waals surface area contributed by atoms with Crippen molar-refractivity contribution in [3.05, 3.63) is 89.8 Å². The summed E-state index contributed by atoms with van der Waals surface area (Å²) >= 11 is 0. The fourth-order valence-corrected chi connectivity index (χ4v) is 2.63. The van der Waals surface area contributed by atoms with Crippen molar-refractivity contribution in [2.24, 2.45) is 0 Å². The Morgan fingerprint density at radius 2 is 1.85 bits per heavy atom. The van der Waals surface area contributed by atoms with Crippen molar-refractivity contribution in [1.29, 1.82) is 0 Å². The molecule has 3 aromatic rings. The van der Waals surface area contributed by atoms with Gasteiger partial charge in [-0.15, -0.1) is 0 Å². The van der Waals surface area contributed by atoms with Gasteiger partial charge in [0.25, 0.3) is 0 Å². The first-order valence-electron chi connectivity index (χ1n) is 8.75. The third-order valence-electron chi connectivity index (χ3n) is 4.12. The molecule has 4 nitrogen and oxygen atoms in total. The molecule has 0 aliphatic rings. The molecule has 0 aliphatic heterocycles. The van der Waals surface area contributed by atoms with Gasteiger partial charge in [0, 0.05) is 12.3 Å². The van der Waals surface area contributed by atoms with Gasteiger partial charge in [-0.25, -0.2) is 0 Å². The zero-order valence-electron chi connectivity index (χ0n) is 15.1. The van der Waals surface area contributed by atoms with Crippen LogP contribution < -0.4 is 5.32 Å². The number of hydrogen-bond donors (Lipinski definition) is 1. The molecule has 0 aliphatic carbocycles. The number of carbonyl (C=O) groups excluding carboxylic acids is 1. The lowest BCUT2D eigenvalue weighted by molar-refractivity contribution is -0.111. The van der Waals surface area contributed by atoms with Gasteiger partial charge in [0.1, 0.15) is 0 Å². The Labute approximate surface area is 154 Å². The molecular weight excluding hydrogens is 322 g/mol. The molecule has 1 amide bonds. The van der Waals surface area contributed by atoms with E-state index in [0.29, 0.717) is 18.2 Å². The van der Waals surface area contributed by atoms with E-state index in [-0.39, 0.29) is 5.91 Å². The van der Waals surface area contributed by atoms with Crippen LogP contribution in [0.3, 0.4) is 0 Å². The summed E-state index contributed by atoms with van der Waals surface area (Å²) < 4.78 is 1.80. The molecule has 132 valence electrons. The monoisotopic (exact) mass is 345 g/mol. The van der Waals surface area contributed by atoms with Crippen LogP contribution in [0.2, 0.25) is 0 Å². The van der Waals surface area contributed by atoms with Gasteiger partial charge < -0.3 is 5.32 Å². The number of amides is 1. The maximum Gasteiger partial charge on any atom is 0.248 e. The van der Waals surface area contributed by atoms with Crippen molar-refractivity contribution < 1.29 is 4.79 Å². The molecule has 1 N–H and O–H groups in total. The van der Waals surface area contributed by atoms with Crippen molar-refractivity contribution in [2.75, 3.05) is 5.32 Å². The van der Waals surface area contributed by atoms with Gasteiger partial charge in [-0.1, -0.05) is 68.4 Å². The smallest absolute Gasteiger partial charge is 0.248 e. The SMILES string of the molecule is CC(C)c1ccc(/C=C/C(=O)Nc2cnn(Cc3ccccc3)c2)cc1. The quantitative estimate of drug-likeness (QED) is 0.658. The molecule has 0 atom stereocenters. The number of rotatable bonds is 6. The summed E-state index contributed by atoms with van der Waals surface area (Å²) in [6, 6.07) is 18.3. The summed E-state index contributed by atoms with van der Waals surface area (Å²) in [5.41, 5.74) is 4.14. The Kier molecular flexibility index (Phi) is 5.64. The summed E-state index contributed by atoms with van der Waals surface area (Å²) in [7, 11) is 0. The Morgan fingerprint density at radius 1 is 1.12 bits per heavy atom. The molecule has 2 aromatic carbocycles. The largest absolute Gasteiger partial charge is 0.320 e. The van der Waals surface area contributed by atoms with Crippen LogP contribution in [0.25, 0.3) is 6.08 Å². The normalized spacial score (nSPS) is 11.2. The van der Waals surface area contributed by atoms with Crippen LogP contribution in [-0.4, -0.2) is 15.7 Å². The third-order valence-corrected chi connectivity index (χ3v) is 4.12. The van der Waals surface area contributed by atoms with Crippen molar-refractivity contribution >= 4 is 17.7 Å². The fourth-order valence-electron chi connectivity index (χ4n) is 2.63. The van der Waals surface area contributed by atoms with E-state index < -0.39 is 0 Å². The zero-order valence-corrected chi connectivity index (χ0v) is 15.1. The average Bonchev–Trinajstić information content (AvgIpc) is 3.08. The molecule has 26 heavy (non-hydrogen) atoms. The molecule has 0 unspecified atom stereocenters. The summed E-state index contributed by atoms with van der Waals surface area (Å²) in [4.78, 5) is 12.1. The molecular formula is C22H23N3O. The second-order valence-corrected chi connectivity index (χ2v) is 6.56. The van der Waals surface area contributed by atoms with Gasteiger partial charge in [0.15, 0.2) is 0 Å². The standard InChI is InChI=1S/C22H23N3O/c1-17(2)20-11-8-18(9-12-20)10-13-22(26)24-21-14-23-25(16-21)15-19-6-4-3-5-7-19/h3-14,16-17H,15H2,1-2H3,(H,24,26)/b13-10+. The summed E-state index contributed by atoms with van der Waals surface area (Å²) in [5.74, 6) is 0.334. The number of benzene rings is 2. The first-order chi connectivity index (χ1) is 12.6. The molecule has 3 rings (SSSR count). The van der Waals surface area contributed by atoms with Crippen LogP contribution in [0.5, 0.6) is 0 Å². The molecule has 0 radical (unpaired) electrons. The molecule has 1 aromatic heterocycles. The van der Waals surface area contributed by atoms with Crippen molar-refractivity contribution in [1.82, 2.24) is 9.78 Å². The molecule has 0 bridgehead atoms. The number of carbonyl (C=O) groups is 1. The third kappa shape index (κ3) is 4.93. The van der Waals surface area contributed by atoms with Gasteiger partial charge in [-0.05, 0) is 28.7 Å². The van der Waals surface area contributed by atoms with E-state index in [9.17, 15) is 4.79 Å². The minimum Gasteiger partial charge on any atom is -0.320 e. The van der Waals surface area contributed by atoms with Crippen LogP contribution in [0.15, 0.2) is 73.1 Å². The Hall–Kier alpha value is -3.14. The maximum atomic E-state index is 12.1. The van der Waals surface area contributed by atoms with Gasteiger partial charge in [-0.3, -0.25) is 9.48 Å². The maximum absolute atomic E-state index is 12.1. The number of hydrogen-bond acceptors (Lipinski definition) is 2. The highest BCUT2D eigenvalue weighted by atomic mass is 16.1. The second-order valence-electron chi connectivity index (χ2n) is 6.56. The Morgan fingerprint density at radius 3 is 2.54 bits per heavy atom. The number of anilines is 1. The average molecular weight is 345 g/mol. The van der Waals surface area contributed by atoms with Gasteiger partial charge in [-0.2, -0.15) is 5.10 Å². The Bertz CT molecular complexity index is 877. The summed E-state index contributed by atoms with van der Waals surface area (Å²) in [5, 5.41) is 7.13. The number of nitrogens with one attached hydrogen (secondary N) is 1. The second kappa shape index (κ2) is 8.30. The van der Waals surface area contributed by atoms with Gasteiger partial charge in [0.05, 0.1) is 18.4 Å². The van der Waals surface area contributed by atoms with E-state index in [4.69, 9.17) is 0 Å². The van der Waals surface area contributed by atoms with E-state index in [0.717, 1.165) is 5.56 Å². The predicted molar refractivity (Wildman–Crippen MR) is 106 cm³/mol. The predicted octanol–water partition coefficient (Wildman–Crippen LogP) is 4.71. The molecule has 4 heteroatoms. The zero-order chi connectivity index (χ0) is 18.4. The highest BCUT2D eigenvalue weighted by Crippen LogP contribution is 2.15. The topological polar surface area (TPSA) is 46.9 Å². The minimum absolute atomic E-state index is 0.169. The van der Waals surface area contributed by atoms with Gasteiger partial charge >= 0.3 is 0 Å². The molecule has 0 spiro atoms.